The van der Waals surface area contributed by atoms with Gasteiger partial charge in [0.1, 0.15) is 16.7 Å². The van der Waals surface area contributed by atoms with Crippen LogP contribution in [0.5, 0.6) is 0 Å². The first kappa shape index (κ1) is 29.6. The van der Waals surface area contributed by atoms with Crippen molar-refractivity contribution in [3.05, 3.63) is 81.8 Å². The Bertz CT molecular complexity index is 1560. The molecule has 1 aliphatic heterocycles. The Morgan fingerprint density at radius 3 is 2.68 bits per heavy atom. The summed E-state index contributed by atoms with van der Waals surface area (Å²) in [5.41, 5.74) is 2.61. The first-order valence-corrected chi connectivity index (χ1v) is 13.4. The maximum absolute atomic E-state index is 13.0. The number of methoxy groups -OCH3 is 1. The van der Waals surface area contributed by atoms with Crippen LogP contribution in [0, 0.1) is 0 Å². The molecule has 41 heavy (non-hydrogen) atoms. The number of nitrogens with one attached hydrogen (secondary N) is 4. The molecule has 0 unspecified atom stereocenters. The normalized spacial score (nSPS) is 15.9. The molecule has 0 fully saturated rings. The number of hydrogen-bond donors (Lipinski definition) is 4. The Morgan fingerprint density at radius 2 is 1.93 bits per heavy atom. The molecule has 10 nitrogen and oxygen atoms in total. The summed E-state index contributed by atoms with van der Waals surface area (Å²) < 4.78 is 4.65. The number of H-pyrrole nitrogens is 1. The molecule has 2 heterocycles. The fourth-order valence-electron chi connectivity index (χ4n) is 4.21. The largest absolute Gasteiger partial charge is 0.453 e. The van der Waals surface area contributed by atoms with Gasteiger partial charge in [0.15, 0.2) is 5.78 Å². The van der Waals surface area contributed by atoms with Crippen molar-refractivity contribution < 1.29 is 23.9 Å². The van der Waals surface area contributed by atoms with Crippen molar-refractivity contribution in [2.45, 2.75) is 32.2 Å². The van der Waals surface area contributed by atoms with Gasteiger partial charge in [-0.1, -0.05) is 35.4 Å². The number of amides is 3. The highest BCUT2D eigenvalue weighted by molar-refractivity contribution is 6.32. The molecule has 4 rings (SSSR count). The number of allylic oxidation sites excluding steroid dienone is 1. The number of rotatable bonds is 5. The number of imidazole rings is 1. The molecular weight excluding hydrogens is 569 g/mol. The number of ketones is 1. The summed E-state index contributed by atoms with van der Waals surface area (Å²) in [4.78, 5) is 57.0. The van der Waals surface area contributed by atoms with Gasteiger partial charge in [0.25, 0.3) is 0 Å². The summed E-state index contributed by atoms with van der Waals surface area (Å²) in [7, 11) is 1.25. The second-order valence-electron chi connectivity index (χ2n) is 9.14. The van der Waals surface area contributed by atoms with Crippen molar-refractivity contribution in [3.63, 3.8) is 0 Å². The van der Waals surface area contributed by atoms with Crippen LogP contribution in [0.4, 0.5) is 16.2 Å². The number of carbonyl (C=O) groups is 4. The third-order valence-electron chi connectivity index (χ3n) is 6.19. The summed E-state index contributed by atoms with van der Waals surface area (Å²) in [6.07, 6.45) is 6.94. The van der Waals surface area contributed by atoms with Gasteiger partial charge in [0, 0.05) is 34.3 Å². The minimum absolute atomic E-state index is 0.152. The van der Waals surface area contributed by atoms with E-state index >= 15 is 0 Å². The number of ether oxygens (including phenoxy) is 1. The van der Waals surface area contributed by atoms with E-state index in [1.807, 2.05) is 12.2 Å². The average Bonchev–Trinajstić information content (AvgIpc) is 3.31. The first-order valence-electron chi connectivity index (χ1n) is 12.6. The molecule has 0 saturated heterocycles. The van der Waals surface area contributed by atoms with Gasteiger partial charge in [-0.05, 0) is 67.8 Å². The van der Waals surface area contributed by atoms with Crippen molar-refractivity contribution in [2.24, 2.45) is 0 Å². The third-order valence-corrected chi connectivity index (χ3v) is 6.70. The number of fused-ring (bicyclic) bond motifs is 4. The molecule has 0 saturated carbocycles. The van der Waals surface area contributed by atoms with E-state index in [0.29, 0.717) is 57.4 Å². The lowest BCUT2D eigenvalue weighted by molar-refractivity contribution is -0.117. The van der Waals surface area contributed by atoms with Crippen LogP contribution in [0.1, 0.15) is 54.0 Å². The van der Waals surface area contributed by atoms with Gasteiger partial charge < -0.3 is 20.4 Å². The number of hydrogen-bond acceptors (Lipinski definition) is 6. The highest BCUT2D eigenvalue weighted by Gasteiger charge is 2.22. The predicted molar refractivity (Wildman–Crippen MR) is 158 cm³/mol. The maximum Gasteiger partial charge on any atom is 0.411 e. The number of nitrogens with zero attached hydrogens (tertiary/aromatic N) is 1. The molecule has 2 aromatic carbocycles. The molecule has 1 atom stereocenters. The number of halogens is 2. The lowest BCUT2D eigenvalue weighted by atomic mass is 10.0. The minimum Gasteiger partial charge on any atom is -0.453 e. The molecule has 0 aliphatic carbocycles. The Kier molecular flexibility index (Phi) is 9.59. The van der Waals surface area contributed by atoms with Crippen molar-refractivity contribution in [3.8, 4) is 11.3 Å². The molecule has 12 heteroatoms. The smallest absolute Gasteiger partial charge is 0.411 e. The monoisotopic (exact) mass is 595 g/mol. The average molecular weight is 596 g/mol. The third kappa shape index (κ3) is 7.62. The maximum atomic E-state index is 13.0. The Morgan fingerprint density at radius 1 is 1.12 bits per heavy atom. The summed E-state index contributed by atoms with van der Waals surface area (Å²) >= 11 is 12.6. The topological polar surface area (TPSA) is 142 Å². The van der Waals surface area contributed by atoms with Crippen LogP contribution in [0.25, 0.3) is 17.3 Å². The fourth-order valence-corrected chi connectivity index (χ4v) is 4.63. The fraction of sp³-hybridized carbons (Fsp3) is 0.207. The lowest BCUT2D eigenvalue weighted by Gasteiger charge is -2.14. The van der Waals surface area contributed by atoms with Gasteiger partial charge in [-0.2, -0.15) is 0 Å². The van der Waals surface area contributed by atoms with Gasteiger partial charge >= 0.3 is 6.09 Å². The van der Waals surface area contributed by atoms with Crippen molar-refractivity contribution >= 4 is 64.3 Å². The number of aromatic nitrogens is 2. The zero-order valence-corrected chi connectivity index (χ0v) is 23.7. The number of carbonyl (C=O) groups excluding carboxylic acids is 4. The predicted octanol–water partition coefficient (Wildman–Crippen LogP) is 6.31. The molecule has 4 N–H and O–H groups in total. The Hall–Kier alpha value is -4.41. The van der Waals surface area contributed by atoms with Gasteiger partial charge in [-0.15, -0.1) is 0 Å². The molecule has 3 aromatic rings. The Balaban J connectivity index is 1.65. The zero-order chi connectivity index (χ0) is 29.5. The molecule has 1 aromatic heterocycles. The molecular formula is C29H27Cl2N5O5. The Labute approximate surface area is 246 Å². The van der Waals surface area contributed by atoms with Crippen molar-refractivity contribution in [2.75, 3.05) is 17.7 Å². The van der Waals surface area contributed by atoms with Crippen molar-refractivity contribution in [1.82, 2.24) is 15.3 Å². The summed E-state index contributed by atoms with van der Waals surface area (Å²) in [6, 6.07) is 9.13. The molecule has 212 valence electrons. The van der Waals surface area contributed by atoms with E-state index in [9.17, 15) is 19.2 Å². The lowest BCUT2D eigenvalue weighted by Crippen LogP contribution is -2.27. The van der Waals surface area contributed by atoms with Gasteiger partial charge in [-0.25, -0.2) is 9.78 Å². The number of Topliss-reactive ketones (excluding diaryl/α,β-unsaturated/α-hetero) is 1. The quantitative estimate of drug-likeness (QED) is 0.154. The van der Waals surface area contributed by atoms with E-state index < -0.39 is 18.0 Å². The highest BCUT2D eigenvalue weighted by atomic mass is 35.5. The van der Waals surface area contributed by atoms with Crippen LogP contribution in [0.2, 0.25) is 10.2 Å². The molecule has 3 amide bonds. The zero-order valence-electron chi connectivity index (χ0n) is 22.2. The number of benzene rings is 2. The SMILES string of the molecule is COC(=O)Nc1ccc2c(c1)NC(=O)CC/C=C/C[C@H](NC(=O)/C=C/c1cc(Cl)ccc1C(C)=O)c1nc-2c(Cl)[nH]1. The highest BCUT2D eigenvalue weighted by Crippen LogP contribution is 2.35. The van der Waals surface area contributed by atoms with Crippen LogP contribution in [-0.4, -0.2) is 40.8 Å². The summed E-state index contributed by atoms with van der Waals surface area (Å²) in [6.45, 7) is 1.44. The van der Waals surface area contributed by atoms with E-state index in [1.54, 1.807) is 36.4 Å². The van der Waals surface area contributed by atoms with Crippen molar-refractivity contribution in [1.29, 1.82) is 0 Å². The van der Waals surface area contributed by atoms with Gasteiger partial charge in [0.2, 0.25) is 11.8 Å². The van der Waals surface area contributed by atoms with E-state index in [4.69, 9.17) is 23.2 Å². The van der Waals surface area contributed by atoms with Crippen LogP contribution < -0.4 is 16.0 Å². The second-order valence-corrected chi connectivity index (χ2v) is 9.95. The summed E-state index contributed by atoms with van der Waals surface area (Å²) in [5, 5.41) is 8.99. The van der Waals surface area contributed by atoms with Crippen LogP contribution in [0.3, 0.4) is 0 Å². The van der Waals surface area contributed by atoms with E-state index in [2.05, 4.69) is 30.7 Å². The molecule has 1 aliphatic rings. The van der Waals surface area contributed by atoms with E-state index in [0.717, 1.165) is 0 Å². The standard InChI is InChI=1S/C29H27Cl2N5O5/c1-16(37)20-11-9-18(30)14-17(20)8-13-25(39)33-22-6-4-3-5-7-24(38)34-23-15-19(32-29(40)41-2)10-12-21(23)26-27(31)36-28(22)35-26/h3-4,8-15,22H,5-7H2,1-2H3,(H,32,40)(H,33,39)(H,34,38)(H,35,36)/b4-3+,13-8+/t22-/m0/s1. The second kappa shape index (κ2) is 13.3. The molecule has 2 bridgehead atoms. The number of aromatic amines is 1. The van der Waals surface area contributed by atoms with Crippen LogP contribution in [-0.2, 0) is 14.3 Å². The number of anilines is 2. The van der Waals surface area contributed by atoms with Gasteiger partial charge in [0.05, 0.1) is 18.8 Å². The van der Waals surface area contributed by atoms with Gasteiger partial charge in [-0.3, -0.25) is 19.7 Å². The first-order chi connectivity index (χ1) is 19.6. The minimum atomic E-state index is -0.661. The summed E-state index contributed by atoms with van der Waals surface area (Å²) in [5.74, 6) is -0.414. The van der Waals surface area contributed by atoms with E-state index in [-0.39, 0.29) is 23.3 Å². The van der Waals surface area contributed by atoms with Crippen LogP contribution >= 0.6 is 23.2 Å². The molecule has 0 spiro atoms. The van der Waals surface area contributed by atoms with E-state index in [1.165, 1.54) is 26.2 Å². The molecule has 0 radical (unpaired) electrons. The van der Waals surface area contributed by atoms with Crippen LogP contribution in [0.15, 0.2) is 54.6 Å².